The molecule has 0 aliphatic carbocycles. The van der Waals surface area contributed by atoms with Gasteiger partial charge in [0.25, 0.3) is 11.8 Å². The van der Waals surface area contributed by atoms with E-state index in [2.05, 4.69) is 24.5 Å². The summed E-state index contributed by atoms with van der Waals surface area (Å²) in [5, 5.41) is 4.86. The molecular formula is C22H30N4O5S. The number of sulfonamides is 1. The van der Waals surface area contributed by atoms with Crippen LogP contribution in [0.15, 0.2) is 29.2 Å². The predicted molar refractivity (Wildman–Crippen MR) is 117 cm³/mol. The fraction of sp³-hybridized carbons (Fsp3) is 0.591. The predicted octanol–water partition coefficient (Wildman–Crippen LogP) is 1.41. The number of nitrogens with one attached hydrogen (secondary N) is 2. The van der Waals surface area contributed by atoms with Crippen molar-refractivity contribution in [1.29, 1.82) is 0 Å². The van der Waals surface area contributed by atoms with Gasteiger partial charge in [0.05, 0.1) is 4.90 Å². The zero-order valence-corrected chi connectivity index (χ0v) is 19.2. The van der Waals surface area contributed by atoms with Crippen molar-refractivity contribution in [2.75, 3.05) is 26.2 Å². The van der Waals surface area contributed by atoms with Crippen molar-refractivity contribution in [3.63, 3.8) is 0 Å². The Bertz CT molecular complexity index is 1020. The first-order valence-electron chi connectivity index (χ1n) is 11.2. The molecule has 174 valence electrons. The summed E-state index contributed by atoms with van der Waals surface area (Å²) in [6, 6.07) is 5.05. The largest absolute Gasteiger partial charge is 0.338 e. The highest BCUT2D eigenvalue weighted by molar-refractivity contribution is 7.89. The van der Waals surface area contributed by atoms with Gasteiger partial charge < -0.3 is 10.2 Å². The van der Waals surface area contributed by atoms with Gasteiger partial charge in [-0.15, -0.1) is 0 Å². The first kappa shape index (κ1) is 22.7. The Hall–Kier alpha value is -2.46. The Morgan fingerprint density at radius 1 is 1.09 bits per heavy atom. The molecular weight excluding hydrogens is 432 g/mol. The summed E-state index contributed by atoms with van der Waals surface area (Å²) in [6.45, 7) is 5.92. The summed E-state index contributed by atoms with van der Waals surface area (Å²) in [5.41, 5.74) is 0.310. The summed E-state index contributed by atoms with van der Waals surface area (Å²) in [7, 11) is -3.69. The summed E-state index contributed by atoms with van der Waals surface area (Å²) in [4.78, 5) is 38.4. The number of imide groups is 1. The highest BCUT2D eigenvalue weighted by Gasteiger charge is 2.39. The standard InChI is InChI=1S/C22H30N4O5S/c1-14-9-15(2)12-26(11-14)32(30,31)18-7-3-5-16(10-18)21(28)25-8-4-6-17(13-25)19-20(27)24-22(29)23-19/h3,5,7,10,14-15,17,19H,4,6,8-9,11-13H2,1-2H3,(H2,23,24,27,29)/t14-,15+,17-,19+/m0/s1. The third kappa shape index (κ3) is 4.52. The van der Waals surface area contributed by atoms with Gasteiger partial charge in [-0.2, -0.15) is 4.31 Å². The number of nitrogens with zero attached hydrogens (tertiary/aromatic N) is 2. The molecule has 0 bridgehead atoms. The second-order valence-electron chi connectivity index (χ2n) is 9.39. The van der Waals surface area contributed by atoms with Gasteiger partial charge in [0.2, 0.25) is 10.0 Å². The minimum Gasteiger partial charge on any atom is -0.338 e. The third-order valence-electron chi connectivity index (χ3n) is 6.58. The summed E-state index contributed by atoms with van der Waals surface area (Å²) in [6.07, 6.45) is 2.43. The lowest BCUT2D eigenvalue weighted by atomic mass is 9.90. The normalized spacial score (nSPS) is 29.5. The second kappa shape index (κ2) is 8.82. The topological polar surface area (TPSA) is 116 Å². The average Bonchev–Trinajstić information content (AvgIpc) is 3.10. The van der Waals surface area contributed by atoms with Crippen molar-refractivity contribution in [3.8, 4) is 0 Å². The molecule has 3 heterocycles. The van der Waals surface area contributed by atoms with E-state index in [4.69, 9.17) is 0 Å². The van der Waals surface area contributed by atoms with Gasteiger partial charge in [0.1, 0.15) is 6.04 Å². The minimum absolute atomic E-state index is 0.126. The fourth-order valence-electron chi connectivity index (χ4n) is 5.15. The molecule has 0 saturated carbocycles. The smallest absolute Gasteiger partial charge is 0.322 e. The molecule has 4 atom stereocenters. The first-order chi connectivity index (χ1) is 15.1. The van der Waals surface area contributed by atoms with Gasteiger partial charge in [-0.1, -0.05) is 19.9 Å². The van der Waals surface area contributed by atoms with E-state index in [-0.39, 0.29) is 34.5 Å². The minimum atomic E-state index is -3.69. The maximum Gasteiger partial charge on any atom is 0.322 e. The monoisotopic (exact) mass is 462 g/mol. The fourth-order valence-corrected chi connectivity index (χ4v) is 6.88. The van der Waals surface area contributed by atoms with Crippen LogP contribution in [-0.2, 0) is 14.8 Å². The van der Waals surface area contributed by atoms with Crippen LogP contribution in [0, 0.1) is 17.8 Å². The third-order valence-corrected chi connectivity index (χ3v) is 8.40. The molecule has 0 spiro atoms. The van der Waals surface area contributed by atoms with E-state index in [0.29, 0.717) is 38.2 Å². The number of likely N-dealkylation sites (tertiary alicyclic amines) is 1. The molecule has 4 amide bonds. The van der Waals surface area contributed by atoms with Crippen LogP contribution >= 0.6 is 0 Å². The Balaban J connectivity index is 1.51. The number of hydrogen-bond donors (Lipinski definition) is 2. The molecule has 3 aliphatic rings. The van der Waals surface area contributed by atoms with Crippen LogP contribution in [0.4, 0.5) is 4.79 Å². The van der Waals surface area contributed by atoms with E-state index in [9.17, 15) is 22.8 Å². The zero-order chi connectivity index (χ0) is 23.0. The van der Waals surface area contributed by atoms with Crippen molar-refractivity contribution in [3.05, 3.63) is 29.8 Å². The molecule has 32 heavy (non-hydrogen) atoms. The lowest BCUT2D eigenvalue weighted by molar-refractivity contribution is -0.121. The molecule has 0 radical (unpaired) electrons. The Morgan fingerprint density at radius 3 is 2.47 bits per heavy atom. The first-order valence-corrected chi connectivity index (χ1v) is 12.6. The van der Waals surface area contributed by atoms with E-state index < -0.39 is 22.1 Å². The highest BCUT2D eigenvalue weighted by atomic mass is 32.2. The lowest BCUT2D eigenvalue weighted by Gasteiger charge is -2.35. The van der Waals surface area contributed by atoms with E-state index in [0.717, 1.165) is 12.8 Å². The molecule has 3 fully saturated rings. The molecule has 4 rings (SSSR count). The molecule has 0 aromatic heterocycles. The van der Waals surface area contributed by atoms with Gasteiger partial charge in [0.15, 0.2) is 0 Å². The number of amides is 4. The maximum atomic E-state index is 13.2. The van der Waals surface area contributed by atoms with Crippen LogP contribution in [0.25, 0.3) is 0 Å². The molecule has 3 saturated heterocycles. The number of urea groups is 1. The highest BCUT2D eigenvalue weighted by Crippen LogP contribution is 2.28. The van der Waals surface area contributed by atoms with Gasteiger partial charge >= 0.3 is 6.03 Å². The van der Waals surface area contributed by atoms with Crippen LogP contribution in [0.5, 0.6) is 0 Å². The maximum absolute atomic E-state index is 13.2. The van der Waals surface area contributed by atoms with E-state index in [1.807, 2.05) is 0 Å². The summed E-state index contributed by atoms with van der Waals surface area (Å²) in [5.74, 6) is -0.236. The average molecular weight is 463 g/mol. The molecule has 2 N–H and O–H groups in total. The molecule has 0 unspecified atom stereocenters. The molecule has 3 aliphatic heterocycles. The Labute approximate surface area is 188 Å². The van der Waals surface area contributed by atoms with Crippen LogP contribution in [0.2, 0.25) is 0 Å². The number of hydrogen-bond acceptors (Lipinski definition) is 5. The number of carbonyl (C=O) groups is 3. The molecule has 10 heteroatoms. The van der Waals surface area contributed by atoms with Gasteiger partial charge in [-0.25, -0.2) is 13.2 Å². The number of rotatable bonds is 4. The van der Waals surface area contributed by atoms with E-state index in [1.54, 1.807) is 17.0 Å². The number of carbonyl (C=O) groups excluding carboxylic acids is 3. The van der Waals surface area contributed by atoms with Crippen molar-refractivity contribution >= 4 is 27.9 Å². The van der Waals surface area contributed by atoms with Crippen LogP contribution < -0.4 is 10.6 Å². The molecule has 1 aromatic rings. The Kier molecular flexibility index (Phi) is 6.26. The summed E-state index contributed by atoms with van der Waals surface area (Å²) < 4.78 is 28.0. The van der Waals surface area contributed by atoms with Crippen molar-refractivity contribution in [2.24, 2.45) is 17.8 Å². The van der Waals surface area contributed by atoms with Crippen molar-refractivity contribution in [2.45, 2.75) is 44.0 Å². The van der Waals surface area contributed by atoms with Crippen LogP contribution in [0.1, 0.15) is 43.5 Å². The van der Waals surface area contributed by atoms with Crippen LogP contribution in [0.3, 0.4) is 0 Å². The SMILES string of the molecule is C[C@@H]1C[C@H](C)CN(S(=O)(=O)c2cccc(C(=O)N3CCC[C@H]([C@H]4NC(=O)NC4=O)C3)c2)C1. The quantitative estimate of drug-likeness (QED) is 0.657. The van der Waals surface area contributed by atoms with E-state index in [1.165, 1.54) is 16.4 Å². The lowest BCUT2D eigenvalue weighted by Crippen LogP contribution is -2.48. The number of piperidine rings is 2. The molecule has 1 aromatic carbocycles. The zero-order valence-electron chi connectivity index (χ0n) is 18.4. The second-order valence-corrected chi connectivity index (χ2v) is 11.3. The van der Waals surface area contributed by atoms with Crippen LogP contribution in [-0.4, -0.2) is 67.7 Å². The van der Waals surface area contributed by atoms with Gasteiger partial charge in [-0.05, 0) is 49.3 Å². The Morgan fingerprint density at radius 2 is 1.81 bits per heavy atom. The van der Waals surface area contributed by atoms with Crippen molar-refractivity contribution < 1.29 is 22.8 Å². The van der Waals surface area contributed by atoms with Gasteiger partial charge in [0, 0.05) is 37.7 Å². The van der Waals surface area contributed by atoms with Gasteiger partial charge in [-0.3, -0.25) is 14.9 Å². The van der Waals surface area contributed by atoms with E-state index >= 15 is 0 Å². The van der Waals surface area contributed by atoms with Crippen molar-refractivity contribution in [1.82, 2.24) is 19.8 Å². The number of benzene rings is 1. The summed E-state index contributed by atoms with van der Waals surface area (Å²) >= 11 is 0. The molecule has 9 nitrogen and oxygen atoms in total.